The fourth-order valence-corrected chi connectivity index (χ4v) is 2.13. The number of carbonyl (C=O) groups is 1. The van der Waals surface area contributed by atoms with E-state index >= 15 is 0 Å². The fraction of sp³-hybridized carbons (Fsp3) is 0.500. The molecule has 0 aromatic carbocycles. The standard InChI is InChI=1S/C8H9ClN2OS/c9-4-7(12)6-5-13-8(10-6)11-2-1-3-11/h5H,1-4H2. The Labute approximate surface area is 85.3 Å². The molecule has 0 bridgehead atoms. The Kier molecular flexibility index (Phi) is 2.51. The van der Waals surface area contributed by atoms with Crippen molar-refractivity contribution in [1.29, 1.82) is 0 Å². The lowest BCUT2D eigenvalue weighted by atomic mass is 10.2. The highest BCUT2D eigenvalue weighted by atomic mass is 35.5. The van der Waals surface area contributed by atoms with Crippen LogP contribution in [0.1, 0.15) is 16.9 Å². The molecule has 1 aliphatic rings. The highest BCUT2D eigenvalue weighted by Gasteiger charge is 2.19. The number of Topliss-reactive ketones (excluding diaryl/α,β-unsaturated/α-hetero) is 1. The van der Waals surface area contributed by atoms with Crippen molar-refractivity contribution in [1.82, 2.24) is 4.98 Å². The first-order valence-corrected chi connectivity index (χ1v) is 5.52. The Morgan fingerprint density at radius 2 is 2.46 bits per heavy atom. The minimum Gasteiger partial charge on any atom is -0.348 e. The molecular weight excluding hydrogens is 208 g/mol. The summed E-state index contributed by atoms with van der Waals surface area (Å²) in [5, 5.41) is 2.72. The average Bonchev–Trinajstić information content (AvgIpc) is 2.49. The second-order valence-electron chi connectivity index (χ2n) is 2.91. The van der Waals surface area contributed by atoms with Crippen LogP contribution >= 0.6 is 22.9 Å². The molecule has 1 aliphatic heterocycles. The Hall–Kier alpha value is -0.610. The van der Waals surface area contributed by atoms with E-state index in [2.05, 4.69) is 9.88 Å². The van der Waals surface area contributed by atoms with Crippen LogP contribution in [0.4, 0.5) is 5.13 Å². The third kappa shape index (κ3) is 1.69. The molecule has 0 unspecified atom stereocenters. The zero-order chi connectivity index (χ0) is 9.26. The summed E-state index contributed by atoms with van der Waals surface area (Å²) in [5.74, 6) is -0.0758. The van der Waals surface area contributed by atoms with Crippen LogP contribution in [0.2, 0.25) is 0 Å². The summed E-state index contributed by atoms with van der Waals surface area (Å²) in [5.41, 5.74) is 0.502. The van der Waals surface area contributed by atoms with Crippen LogP contribution in [-0.2, 0) is 0 Å². The van der Waals surface area contributed by atoms with Gasteiger partial charge in [0, 0.05) is 18.5 Å². The maximum atomic E-state index is 11.1. The summed E-state index contributed by atoms with van der Waals surface area (Å²) in [4.78, 5) is 17.5. The summed E-state index contributed by atoms with van der Waals surface area (Å²) in [6.45, 7) is 2.12. The van der Waals surface area contributed by atoms with Crippen molar-refractivity contribution in [2.24, 2.45) is 0 Å². The van der Waals surface area contributed by atoms with E-state index in [9.17, 15) is 4.79 Å². The fourth-order valence-electron chi connectivity index (χ4n) is 1.11. The molecule has 1 aromatic heterocycles. The van der Waals surface area contributed by atoms with Gasteiger partial charge in [0.1, 0.15) is 5.69 Å². The molecule has 0 atom stereocenters. The normalized spacial score (nSPS) is 15.6. The molecule has 1 aromatic rings. The van der Waals surface area contributed by atoms with Crippen LogP contribution in [0.3, 0.4) is 0 Å². The molecule has 2 heterocycles. The maximum Gasteiger partial charge on any atom is 0.196 e. The average molecular weight is 217 g/mol. The van der Waals surface area contributed by atoms with Crippen molar-refractivity contribution in [3.8, 4) is 0 Å². The minimum atomic E-state index is -0.0929. The molecule has 5 heteroatoms. The van der Waals surface area contributed by atoms with Gasteiger partial charge in [0.2, 0.25) is 0 Å². The number of hydrogen-bond acceptors (Lipinski definition) is 4. The number of alkyl halides is 1. The molecule has 0 spiro atoms. The van der Waals surface area contributed by atoms with Crippen molar-refractivity contribution in [3.05, 3.63) is 11.1 Å². The van der Waals surface area contributed by atoms with Gasteiger partial charge >= 0.3 is 0 Å². The highest BCUT2D eigenvalue weighted by Crippen LogP contribution is 2.24. The van der Waals surface area contributed by atoms with Crippen molar-refractivity contribution < 1.29 is 4.79 Å². The number of halogens is 1. The maximum absolute atomic E-state index is 11.1. The van der Waals surface area contributed by atoms with E-state index in [-0.39, 0.29) is 11.7 Å². The predicted octanol–water partition coefficient (Wildman–Crippen LogP) is 1.77. The monoisotopic (exact) mass is 216 g/mol. The lowest BCUT2D eigenvalue weighted by Crippen LogP contribution is -2.36. The molecule has 0 saturated carbocycles. The van der Waals surface area contributed by atoms with Gasteiger partial charge in [-0.15, -0.1) is 22.9 Å². The predicted molar refractivity (Wildman–Crippen MR) is 54.0 cm³/mol. The van der Waals surface area contributed by atoms with Gasteiger partial charge in [-0.1, -0.05) is 0 Å². The molecular formula is C8H9ClN2OS. The van der Waals surface area contributed by atoms with Gasteiger partial charge in [0.05, 0.1) is 5.88 Å². The molecule has 0 amide bonds. The zero-order valence-corrected chi connectivity index (χ0v) is 8.57. The Morgan fingerprint density at radius 3 is 3.00 bits per heavy atom. The van der Waals surface area contributed by atoms with E-state index < -0.39 is 0 Å². The lowest BCUT2D eigenvalue weighted by molar-refractivity contribution is 0.101. The number of carbonyl (C=O) groups excluding carboxylic acids is 1. The topological polar surface area (TPSA) is 33.2 Å². The quantitative estimate of drug-likeness (QED) is 0.571. The Balaban J connectivity index is 2.12. The van der Waals surface area contributed by atoms with E-state index in [1.54, 1.807) is 5.38 Å². The summed E-state index contributed by atoms with van der Waals surface area (Å²) >= 11 is 6.94. The molecule has 2 rings (SSSR count). The van der Waals surface area contributed by atoms with Gasteiger partial charge in [0.25, 0.3) is 0 Å². The molecule has 1 saturated heterocycles. The van der Waals surface area contributed by atoms with Crippen LogP contribution in [-0.4, -0.2) is 29.7 Å². The van der Waals surface area contributed by atoms with Crippen LogP contribution in [0, 0.1) is 0 Å². The minimum absolute atomic E-state index is 0.0170. The first kappa shape index (κ1) is 8.97. The molecule has 0 aliphatic carbocycles. The van der Waals surface area contributed by atoms with Gasteiger partial charge in [-0.25, -0.2) is 4.98 Å². The van der Waals surface area contributed by atoms with E-state index in [0.29, 0.717) is 5.69 Å². The summed E-state index contributed by atoms with van der Waals surface area (Å²) in [7, 11) is 0. The number of thiazole rings is 1. The van der Waals surface area contributed by atoms with Crippen molar-refractivity contribution in [2.75, 3.05) is 23.9 Å². The number of hydrogen-bond donors (Lipinski definition) is 0. The largest absolute Gasteiger partial charge is 0.348 e. The van der Waals surface area contributed by atoms with Crippen molar-refractivity contribution >= 4 is 33.9 Å². The number of ketones is 1. The van der Waals surface area contributed by atoms with Crippen LogP contribution < -0.4 is 4.90 Å². The van der Waals surface area contributed by atoms with Crippen LogP contribution in [0.5, 0.6) is 0 Å². The third-order valence-electron chi connectivity index (χ3n) is 2.03. The van der Waals surface area contributed by atoms with Gasteiger partial charge in [-0.05, 0) is 6.42 Å². The molecule has 1 fully saturated rings. The van der Waals surface area contributed by atoms with Gasteiger partial charge in [-0.3, -0.25) is 4.79 Å². The van der Waals surface area contributed by atoms with Gasteiger partial charge in [-0.2, -0.15) is 0 Å². The van der Waals surface area contributed by atoms with E-state index in [1.807, 2.05) is 0 Å². The van der Waals surface area contributed by atoms with Crippen LogP contribution in [0.15, 0.2) is 5.38 Å². The first-order valence-electron chi connectivity index (χ1n) is 4.11. The Morgan fingerprint density at radius 1 is 1.69 bits per heavy atom. The first-order chi connectivity index (χ1) is 6.31. The van der Waals surface area contributed by atoms with Crippen LogP contribution in [0.25, 0.3) is 0 Å². The van der Waals surface area contributed by atoms with Crippen molar-refractivity contribution in [2.45, 2.75) is 6.42 Å². The molecule has 70 valence electrons. The summed E-state index contributed by atoms with van der Waals surface area (Å²) in [6.07, 6.45) is 1.22. The molecule has 0 N–H and O–H groups in total. The SMILES string of the molecule is O=C(CCl)c1csc(N2CCC2)n1. The number of rotatable bonds is 3. The second kappa shape index (κ2) is 3.64. The zero-order valence-electron chi connectivity index (χ0n) is 6.99. The number of anilines is 1. The summed E-state index contributed by atoms with van der Waals surface area (Å²) in [6, 6.07) is 0. The molecule has 0 radical (unpaired) electrons. The third-order valence-corrected chi connectivity index (χ3v) is 3.17. The van der Waals surface area contributed by atoms with Gasteiger partial charge in [0.15, 0.2) is 10.9 Å². The molecule has 13 heavy (non-hydrogen) atoms. The molecule has 3 nitrogen and oxygen atoms in total. The number of aromatic nitrogens is 1. The van der Waals surface area contributed by atoms with Gasteiger partial charge < -0.3 is 4.90 Å². The van der Waals surface area contributed by atoms with E-state index in [0.717, 1.165) is 18.2 Å². The lowest BCUT2D eigenvalue weighted by Gasteiger charge is -2.30. The Bertz CT molecular complexity index is 322. The summed E-state index contributed by atoms with van der Waals surface area (Å²) < 4.78 is 0. The number of nitrogens with zero attached hydrogens (tertiary/aromatic N) is 2. The van der Waals surface area contributed by atoms with E-state index in [4.69, 9.17) is 11.6 Å². The smallest absolute Gasteiger partial charge is 0.196 e. The second-order valence-corrected chi connectivity index (χ2v) is 4.02. The van der Waals surface area contributed by atoms with Crippen molar-refractivity contribution in [3.63, 3.8) is 0 Å². The highest BCUT2D eigenvalue weighted by molar-refractivity contribution is 7.14. The van der Waals surface area contributed by atoms with E-state index in [1.165, 1.54) is 17.8 Å².